The van der Waals surface area contributed by atoms with Gasteiger partial charge in [-0.05, 0) is 68.1 Å². The molecule has 8 nitrogen and oxygen atoms in total. The van der Waals surface area contributed by atoms with E-state index >= 15 is 0 Å². The van der Waals surface area contributed by atoms with Gasteiger partial charge in [-0.15, -0.1) is 12.4 Å². The van der Waals surface area contributed by atoms with Crippen LogP contribution in [0.25, 0.3) is 10.2 Å². The van der Waals surface area contributed by atoms with Crippen molar-refractivity contribution in [2.45, 2.75) is 31.1 Å². The van der Waals surface area contributed by atoms with Crippen LogP contribution in [-0.2, 0) is 19.6 Å². The molecule has 2 aliphatic heterocycles. The molecule has 0 bridgehead atoms. The van der Waals surface area contributed by atoms with Crippen LogP contribution >= 0.6 is 35.3 Å². The maximum absolute atomic E-state index is 13.9. The van der Waals surface area contributed by atoms with E-state index in [-0.39, 0.29) is 42.2 Å². The molecule has 0 N–H and O–H groups in total. The molecule has 2 aliphatic rings. The van der Waals surface area contributed by atoms with Crippen LogP contribution < -0.4 is 4.90 Å². The number of piperidine rings is 1. The summed E-state index contributed by atoms with van der Waals surface area (Å²) in [7, 11) is -3.75. The number of rotatable bonds is 8. The second-order valence-electron chi connectivity index (χ2n) is 9.95. The maximum Gasteiger partial charge on any atom is 0.243 e. The van der Waals surface area contributed by atoms with E-state index in [1.165, 1.54) is 27.8 Å². The summed E-state index contributed by atoms with van der Waals surface area (Å²) in [6, 6.07) is 8.62. The van der Waals surface area contributed by atoms with Gasteiger partial charge in [0.05, 0.1) is 28.3 Å². The van der Waals surface area contributed by atoms with Crippen LogP contribution in [0.5, 0.6) is 0 Å². The molecule has 218 valence electrons. The Balaban J connectivity index is 0.00000370. The highest BCUT2D eigenvalue weighted by molar-refractivity contribution is 7.89. The number of sulfonamides is 1. The number of carbonyl (C=O) groups is 1. The molecule has 13 heteroatoms. The predicted octanol–water partition coefficient (Wildman–Crippen LogP) is 4.98. The fraction of sp³-hybridized carbons (Fsp3) is 0.481. The van der Waals surface area contributed by atoms with Crippen LogP contribution in [0.2, 0.25) is 5.02 Å². The van der Waals surface area contributed by atoms with Gasteiger partial charge in [-0.25, -0.2) is 17.8 Å². The number of ether oxygens (including phenoxy) is 1. The van der Waals surface area contributed by atoms with Gasteiger partial charge in [0.2, 0.25) is 15.9 Å². The fourth-order valence-electron chi connectivity index (χ4n) is 5.10. The second kappa shape index (κ2) is 13.4. The van der Waals surface area contributed by atoms with E-state index in [4.69, 9.17) is 21.3 Å². The van der Waals surface area contributed by atoms with Gasteiger partial charge in [-0.3, -0.25) is 14.6 Å². The van der Waals surface area contributed by atoms with E-state index in [9.17, 15) is 17.6 Å². The molecule has 0 aliphatic carbocycles. The van der Waals surface area contributed by atoms with E-state index in [0.717, 1.165) is 67.2 Å². The summed E-state index contributed by atoms with van der Waals surface area (Å²) in [5, 5.41) is 1.28. The number of aryl methyl sites for hydroxylation is 1. The molecule has 1 amide bonds. The number of halogens is 3. The molecule has 2 saturated heterocycles. The molecule has 5 rings (SSSR count). The Bertz CT molecular complexity index is 1420. The number of thiazole rings is 1. The summed E-state index contributed by atoms with van der Waals surface area (Å²) < 4.78 is 47.2. The minimum atomic E-state index is -3.75. The van der Waals surface area contributed by atoms with Gasteiger partial charge in [0, 0.05) is 50.2 Å². The predicted molar refractivity (Wildman–Crippen MR) is 159 cm³/mol. The Hall–Kier alpha value is -1.86. The summed E-state index contributed by atoms with van der Waals surface area (Å²) >= 11 is 7.80. The molecule has 2 fully saturated rings. The molecule has 1 aromatic heterocycles. The van der Waals surface area contributed by atoms with E-state index in [0.29, 0.717) is 29.5 Å². The maximum atomic E-state index is 13.9. The van der Waals surface area contributed by atoms with E-state index in [1.54, 1.807) is 4.90 Å². The summed E-state index contributed by atoms with van der Waals surface area (Å²) in [6.45, 7) is 6.98. The molecule has 2 aromatic carbocycles. The zero-order valence-corrected chi connectivity index (χ0v) is 25.4. The summed E-state index contributed by atoms with van der Waals surface area (Å²) in [4.78, 5) is 22.9. The Morgan fingerprint density at radius 3 is 2.48 bits per heavy atom. The SMILES string of the molecule is Cc1c(Cl)ccc2sc(N(CCCN3CCOCC3)C(=O)C3CCN(S(=O)(=O)c4ccc(F)cc4)CC3)nc12.Cl. The lowest BCUT2D eigenvalue weighted by Crippen LogP contribution is -2.45. The lowest BCUT2D eigenvalue weighted by molar-refractivity contribution is -0.123. The quantitative estimate of drug-likeness (QED) is 0.349. The van der Waals surface area contributed by atoms with Crippen molar-refractivity contribution in [1.29, 1.82) is 0 Å². The molecular formula is C27H33Cl2FN4O4S2. The van der Waals surface area contributed by atoms with Gasteiger partial charge >= 0.3 is 0 Å². The molecule has 40 heavy (non-hydrogen) atoms. The van der Waals surface area contributed by atoms with Gasteiger partial charge in [0.15, 0.2) is 5.13 Å². The Kier molecular flexibility index (Phi) is 10.4. The number of fused-ring (bicyclic) bond motifs is 1. The first-order valence-electron chi connectivity index (χ1n) is 13.2. The normalized spacial score (nSPS) is 17.6. The number of benzene rings is 2. The molecule has 0 saturated carbocycles. The van der Waals surface area contributed by atoms with Gasteiger partial charge in [0.25, 0.3) is 0 Å². The van der Waals surface area contributed by atoms with Crippen molar-refractivity contribution in [1.82, 2.24) is 14.2 Å². The number of morpholine rings is 1. The number of aromatic nitrogens is 1. The zero-order chi connectivity index (χ0) is 27.6. The molecule has 0 radical (unpaired) electrons. The number of hydrogen-bond donors (Lipinski definition) is 0. The minimum Gasteiger partial charge on any atom is -0.379 e. The largest absolute Gasteiger partial charge is 0.379 e. The average molecular weight is 632 g/mol. The monoisotopic (exact) mass is 630 g/mol. The molecule has 0 unspecified atom stereocenters. The van der Waals surface area contributed by atoms with Crippen molar-refractivity contribution in [2.24, 2.45) is 5.92 Å². The highest BCUT2D eigenvalue weighted by Gasteiger charge is 2.35. The molecule has 3 aromatic rings. The van der Waals surface area contributed by atoms with E-state index < -0.39 is 15.8 Å². The number of nitrogens with zero attached hydrogens (tertiary/aromatic N) is 4. The van der Waals surface area contributed by atoms with Gasteiger partial charge in [-0.2, -0.15) is 4.31 Å². The summed E-state index contributed by atoms with van der Waals surface area (Å²) in [6.07, 6.45) is 1.61. The molecule has 3 heterocycles. The van der Waals surface area contributed by atoms with Crippen molar-refractivity contribution < 1.29 is 22.3 Å². The number of carbonyl (C=O) groups excluding carboxylic acids is 1. The summed E-state index contributed by atoms with van der Waals surface area (Å²) in [5.41, 5.74) is 1.69. The Morgan fingerprint density at radius 1 is 1.12 bits per heavy atom. The lowest BCUT2D eigenvalue weighted by atomic mass is 9.96. The molecular weight excluding hydrogens is 598 g/mol. The molecule has 0 atom stereocenters. The van der Waals surface area contributed by atoms with Crippen LogP contribution in [0.4, 0.5) is 9.52 Å². The van der Waals surface area contributed by atoms with E-state index in [2.05, 4.69) is 4.90 Å². The highest BCUT2D eigenvalue weighted by Crippen LogP contribution is 2.35. The van der Waals surface area contributed by atoms with Crippen LogP contribution in [0.3, 0.4) is 0 Å². The van der Waals surface area contributed by atoms with Crippen LogP contribution in [-0.4, -0.2) is 81.0 Å². The first-order chi connectivity index (χ1) is 18.7. The second-order valence-corrected chi connectivity index (χ2v) is 13.3. The fourth-order valence-corrected chi connectivity index (χ4v) is 7.78. The first-order valence-corrected chi connectivity index (χ1v) is 15.8. The van der Waals surface area contributed by atoms with Crippen LogP contribution in [0.15, 0.2) is 41.3 Å². The van der Waals surface area contributed by atoms with Crippen molar-refractivity contribution in [3.8, 4) is 0 Å². The zero-order valence-electron chi connectivity index (χ0n) is 22.2. The van der Waals surface area contributed by atoms with Gasteiger partial charge in [0.1, 0.15) is 5.82 Å². The summed E-state index contributed by atoms with van der Waals surface area (Å²) in [5.74, 6) is -0.831. The number of hydrogen-bond acceptors (Lipinski definition) is 7. The average Bonchev–Trinajstić information content (AvgIpc) is 3.38. The Morgan fingerprint density at radius 2 is 1.80 bits per heavy atom. The van der Waals surface area contributed by atoms with Crippen molar-refractivity contribution in [2.75, 3.05) is 57.4 Å². The third-order valence-corrected chi connectivity index (χ3v) is 10.8. The number of amides is 1. The third kappa shape index (κ3) is 6.78. The van der Waals surface area contributed by atoms with Crippen LogP contribution in [0, 0.1) is 18.7 Å². The highest BCUT2D eigenvalue weighted by atomic mass is 35.5. The van der Waals surface area contributed by atoms with Gasteiger partial charge in [-0.1, -0.05) is 22.9 Å². The first kappa shape index (κ1) is 31.1. The van der Waals surface area contributed by atoms with Crippen molar-refractivity contribution in [3.63, 3.8) is 0 Å². The number of anilines is 1. The minimum absolute atomic E-state index is 0. The Labute approximate surface area is 249 Å². The topological polar surface area (TPSA) is 83.0 Å². The van der Waals surface area contributed by atoms with Crippen molar-refractivity contribution in [3.05, 3.63) is 52.8 Å². The molecule has 0 spiro atoms. The van der Waals surface area contributed by atoms with E-state index in [1.807, 2.05) is 19.1 Å². The standard InChI is InChI=1S/C27H32ClFN4O4S2.ClH/c1-19-23(28)7-8-24-25(19)30-27(38-24)33(12-2-11-31-15-17-37-18-16-31)26(34)20-9-13-32(14-10-20)39(35,36)22-5-3-21(29)4-6-22;/h3-8,20H,2,9-18H2,1H3;1H. The third-order valence-electron chi connectivity index (χ3n) is 7.45. The smallest absolute Gasteiger partial charge is 0.243 e. The van der Waals surface area contributed by atoms with Crippen molar-refractivity contribution >= 4 is 66.6 Å². The van der Waals surface area contributed by atoms with Gasteiger partial charge < -0.3 is 4.74 Å². The lowest BCUT2D eigenvalue weighted by Gasteiger charge is -2.33. The van der Waals surface area contributed by atoms with Crippen LogP contribution in [0.1, 0.15) is 24.8 Å².